The summed E-state index contributed by atoms with van der Waals surface area (Å²) in [5, 5.41) is 0. The molecule has 0 amide bonds. The smallest absolute Gasteiger partial charge is 0.183 e. The Labute approximate surface area is 97.2 Å². The van der Waals surface area contributed by atoms with Crippen LogP contribution in [0.5, 0.6) is 0 Å². The number of nitrogens with two attached hydrogens (primary N) is 1. The summed E-state index contributed by atoms with van der Waals surface area (Å²) in [6, 6.07) is 6.33. The predicted molar refractivity (Wildman–Crippen MR) is 65.8 cm³/mol. The molecule has 0 heterocycles. The van der Waals surface area contributed by atoms with Gasteiger partial charge in [-0.05, 0) is 24.3 Å². The molecule has 0 atom stereocenters. The Hall–Kier alpha value is -1.07. The molecule has 0 aliphatic carbocycles. The summed E-state index contributed by atoms with van der Waals surface area (Å²) in [6.45, 7) is 0.590. The molecule has 0 aliphatic heterocycles. The maximum absolute atomic E-state index is 11.9. The molecule has 2 N–H and O–H groups in total. The highest BCUT2D eigenvalue weighted by molar-refractivity contribution is 7.91. The Bertz CT molecular complexity index is 444. The van der Waals surface area contributed by atoms with E-state index in [2.05, 4.69) is 0 Å². The van der Waals surface area contributed by atoms with E-state index < -0.39 is 9.84 Å². The fourth-order valence-electron chi connectivity index (χ4n) is 1.19. The minimum absolute atomic E-state index is 0.153. The molecule has 0 aromatic heterocycles. The van der Waals surface area contributed by atoms with E-state index in [0.717, 1.165) is 0 Å². The first kappa shape index (κ1) is 13.0. The lowest BCUT2D eigenvalue weighted by Gasteiger charge is -2.23. The number of anilines is 1. The van der Waals surface area contributed by atoms with Gasteiger partial charge in [0.15, 0.2) is 9.84 Å². The van der Waals surface area contributed by atoms with Crippen molar-refractivity contribution in [1.29, 1.82) is 0 Å². The van der Waals surface area contributed by atoms with E-state index in [1.54, 1.807) is 24.3 Å². The Balaban J connectivity index is 2.83. The van der Waals surface area contributed by atoms with Gasteiger partial charge in [-0.2, -0.15) is 0 Å². The average molecular weight is 243 g/mol. The van der Waals surface area contributed by atoms with Crippen molar-refractivity contribution < 1.29 is 12.9 Å². The fraction of sp³-hybridized carbons (Fsp3) is 0.455. The lowest BCUT2D eigenvalue weighted by atomic mass is 10.3. The van der Waals surface area contributed by atoms with E-state index in [0.29, 0.717) is 21.6 Å². The molecule has 1 aromatic rings. The number of hydrogen-bond donors (Lipinski definition) is 1. The van der Waals surface area contributed by atoms with Crippen LogP contribution in [0.1, 0.15) is 0 Å². The van der Waals surface area contributed by atoms with Gasteiger partial charge >= 0.3 is 0 Å². The lowest BCUT2D eigenvalue weighted by Crippen LogP contribution is -2.38. The highest BCUT2D eigenvalue weighted by Gasteiger charge is 2.18. The largest absolute Gasteiger partial charge is 0.399 e. The number of nitrogen functional groups attached to an aromatic ring is 1. The maximum Gasteiger partial charge on any atom is 0.183 e. The molecule has 1 aromatic carbocycles. The van der Waals surface area contributed by atoms with Crippen LogP contribution >= 0.6 is 0 Å². The highest BCUT2D eigenvalue weighted by Crippen LogP contribution is 2.13. The third kappa shape index (κ3) is 3.83. The van der Waals surface area contributed by atoms with Gasteiger partial charge in [0.25, 0.3) is 0 Å². The molecule has 0 saturated heterocycles. The van der Waals surface area contributed by atoms with Crippen LogP contribution in [0.15, 0.2) is 29.2 Å². The zero-order valence-corrected chi connectivity index (χ0v) is 10.8. The molecule has 16 heavy (non-hydrogen) atoms. The number of nitrogens with zero attached hydrogens (tertiary/aromatic N) is 1. The van der Waals surface area contributed by atoms with Crippen LogP contribution in [0.4, 0.5) is 5.69 Å². The molecular formula is C11H19N2O2S+. The molecule has 4 nitrogen and oxygen atoms in total. The Morgan fingerprint density at radius 2 is 1.62 bits per heavy atom. The third-order valence-corrected chi connectivity index (χ3v) is 3.98. The second kappa shape index (κ2) is 4.43. The lowest BCUT2D eigenvalue weighted by molar-refractivity contribution is -0.867. The van der Waals surface area contributed by atoms with Gasteiger partial charge in [-0.15, -0.1) is 0 Å². The molecular weight excluding hydrogens is 224 g/mol. The first-order valence-corrected chi connectivity index (χ1v) is 6.75. The summed E-state index contributed by atoms with van der Waals surface area (Å²) < 4.78 is 24.5. The van der Waals surface area contributed by atoms with E-state index in [1.165, 1.54) is 0 Å². The van der Waals surface area contributed by atoms with Gasteiger partial charge in [0.2, 0.25) is 0 Å². The topological polar surface area (TPSA) is 60.2 Å². The van der Waals surface area contributed by atoms with E-state index >= 15 is 0 Å². The van der Waals surface area contributed by atoms with Crippen LogP contribution in [0, 0.1) is 0 Å². The molecule has 0 spiro atoms. The summed E-state index contributed by atoms with van der Waals surface area (Å²) in [4.78, 5) is 0.343. The van der Waals surface area contributed by atoms with Crippen LogP contribution in [-0.4, -0.2) is 46.3 Å². The van der Waals surface area contributed by atoms with Crippen molar-refractivity contribution in [2.75, 3.05) is 39.2 Å². The van der Waals surface area contributed by atoms with Gasteiger partial charge in [-0.3, -0.25) is 0 Å². The Morgan fingerprint density at radius 1 is 1.12 bits per heavy atom. The van der Waals surface area contributed by atoms with Crippen molar-refractivity contribution in [3.63, 3.8) is 0 Å². The summed E-state index contributed by atoms with van der Waals surface area (Å²) in [5.41, 5.74) is 6.09. The van der Waals surface area contributed by atoms with Crippen molar-refractivity contribution in [2.45, 2.75) is 4.90 Å². The zero-order valence-electron chi connectivity index (χ0n) is 9.97. The molecule has 0 radical (unpaired) electrons. The van der Waals surface area contributed by atoms with Crippen LogP contribution < -0.4 is 5.73 Å². The minimum atomic E-state index is -3.18. The molecule has 0 fully saturated rings. The highest BCUT2D eigenvalue weighted by atomic mass is 32.2. The van der Waals surface area contributed by atoms with Gasteiger partial charge in [-0.1, -0.05) is 0 Å². The fourth-order valence-corrected chi connectivity index (χ4v) is 2.76. The normalized spacial score (nSPS) is 12.7. The quantitative estimate of drug-likeness (QED) is 0.627. The Kier molecular flexibility index (Phi) is 3.60. The standard InChI is InChI=1S/C11H19N2O2S/c1-13(2,3)8-9-16(14,15)11-6-4-10(12)5-7-11/h4-7H,8-9,12H2,1-3H3/q+1. The first-order valence-electron chi connectivity index (χ1n) is 5.09. The SMILES string of the molecule is C[N+](C)(C)CCS(=O)(=O)c1ccc(N)cc1. The van der Waals surface area contributed by atoms with Crippen LogP contribution in [0.2, 0.25) is 0 Å². The van der Waals surface area contributed by atoms with Crippen molar-refractivity contribution in [3.05, 3.63) is 24.3 Å². The van der Waals surface area contributed by atoms with Crippen molar-refractivity contribution in [2.24, 2.45) is 0 Å². The molecule has 0 unspecified atom stereocenters. The van der Waals surface area contributed by atoms with Crippen LogP contribution in [0.3, 0.4) is 0 Å². The van der Waals surface area contributed by atoms with Gasteiger partial charge in [0, 0.05) is 5.69 Å². The van der Waals surface area contributed by atoms with Crippen LogP contribution in [-0.2, 0) is 9.84 Å². The molecule has 0 aliphatic rings. The van der Waals surface area contributed by atoms with Gasteiger partial charge in [-0.25, -0.2) is 8.42 Å². The number of benzene rings is 1. The van der Waals surface area contributed by atoms with Gasteiger partial charge in [0.1, 0.15) is 5.75 Å². The summed E-state index contributed by atoms with van der Waals surface area (Å²) in [6.07, 6.45) is 0. The van der Waals surface area contributed by atoms with Crippen molar-refractivity contribution in [3.8, 4) is 0 Å². The molecule has 5 heteroatoms. The third-order valence-electron chi connectivity index (χ3n) is 2.27. The van der Waals surface area contributed by atoms with Crippen molar-refractivity contribution >= 4 is 15.5 Å². The van der Waals surface area contributed by atoms with E-state index in [4.69, 9.17) is 5.73 Å². The maximum atomic E-state index is 11.9. The van der Waals surface area contributed by atoms with Gasteiger partial charge in [0.05, 0.1) is 32.6 Å². The summed E-state index contributed by atoms with van der Waals surface area (Å²) in [7, 11) is 2.73. The zero-order chi connectivity index (χ0) is 12.4. The average Bonchev–Trinajstić information content (AvgIpc) is 2.15. The molecule has 90 valence electrons. The first-order chi connectivity index (χ1) is 7.21. The van der Waals surface area contributed by atoms with Gasteiger partial charge < -0.3 is 10.2 Å². The van der Waals surface area contributed by atoms with E-state index in [9.17, 15) is 8.42 Å². The monoisotopic (exact) mass is 243 g/mol. The summed E-state index contributed by atoms with van der Waals surface area (Å²) >= 11 is 0. The molecule has 0 bridgehead atoms. The predicted octanol–water partition coefficient (Wildman–Crippen LogP) is 0.749. The summed E-state index contributed by atoms with van der Waals surface area (Å²) in [5.74, 6) is 0.153. The second-order valence-electron chi connectivity index (χ2n) is 4.90. The van der Waals surface area contributed by atoms with E-state index in [-0.39, 0.29) is 5.75 Å². The number of quaternary nitrogens is 1. The number of sulfone groups is 1. The van der Waals surface area contributed by atoms with E-state index in [1.807, 2.05) is 21.1 Å². The molecule has 1 rings (SSSR count). The number of hydrogen-bond acceptors (Lipinski definition) is 3. The number of rotatable bonds is 4. The van der Waals surface area contributed by atoms with Crippen molar-refractivity contribution in [1.82, 2.24) is 0 Å². The Morgan fingerprint density at radius 3 is 2.06 bits per heavy atom. The van der Waals surface area contributed by atoms with Crippen LogP contribution in [0.25, 0.3) is 0 Å². The minimum Gasteiger partial charge on any atom is -0.399 e. The molecule has 0 saturated carbocycles. The second-order valence-corrected chi connectivity index (χ2v) is 7.01.